The first-order valence-electron chi connectivity index (χ1n) is 31.1. The lowest BCUT2D eigenvalue weighted by Gasteiger charge is -2.41. The van der Waals surface area contributed by atoms with Crippen molar-refractivity contribution >= 4 is 19.8 Å². The maximum absolute atomic E-state index is 12.9. The van der Waals surface area contributed by atoms with Gasteiger partial charge in [-0.3, -0.25) is 18.6 Å². The van der Waals surface area contributed by atoms with E-state index in [1.54, 1.807) is 0 Å². The number of carbonyl (C=O) groups is 2. The van der Waals surface area contributed by atoms with Gasteiger partial charge in [-0.1, -0.05) is 244 Å². The van der Waals surface area contributed by atoms with E-state index in [2.05, 4.69) is 38.2 Å². The van der Waals surface area contributed by atoms with Gasteiger partial charge >= 0.3 is 19.8 Å². The molecule has 1 fully saturated rings. The van der Waals surface area contributed by atoms with Crippen molar-refractivity contribution < 1.29 is 63.1 Å². The first-order chi connectivity index (χ1) is 36.4. The highest BCUT2D eigenvalue weighted by atomic mass is 31.2. The third kappa shape index (κ3) is 42.0. The Balaban J connectivity index is 2.29. The topological polar surface area (TPSA) is 210 Å². The van der Waals surface area contributed by atoms with Gasteiger partial charge in [-0.25, -0.2) is 4.57 Å². The minimum atomic E-state index is -5.13. The number of phosphoric ester groups is 1. The lowest BCUT2D eigenvalue weighted by Crippen LogP contribution is -2.64. The monoisotopic (exact) mass is 1090 g/mol. The van der Waals surface area contributed by atoms with Crippen LogP contribution in [0.2, 0.25) is 0 Å². The van der Waals surface area contributed by atoms with Crippen LogP contribution in [0, 0.1) is 0 Å². The second-order valence-corrected chi connectivity index (χ2v) is 23.3. The Morgan fingerprint density at radius 2 is 0.680 bits per heavy atom. The van der Waals surface area contributed by atoms with E-state index in [-0.39, 0.29) is 12.8 Å². The van der Waals surface area contributed by atoms with Crippen LogP contribution in [-0.4, -0.2) is 98.3 Å². The second-order valence-electron chi connectivity index (χ2n) is 21.9. The van der Waals surface area contributed by atoms with Crippen molar-refractivity contribution in [2.45, 2.75) is 339 Å². The molecular weight excluding hydrogens is 972 g/mol. The molecule has 13 nitrogen and oxygen atoms in total. The fourth-order valence-electron chi connectivity index (χ4n) is 9.81. The molecule has 6 atom stereocenters. The van der Waals surface area contributed by atoms with Gasteiger partial charge in [0.1, 0.15) is 43.2 Å². The Labute approximate surface area is 457 Å². The van der Waals surface area contributed by atoms with Gasteiger partial charge in [0.25, 0.3) is 0 Å². The fraction of sp³-hybridized carbons (Fsp3) is 0.902. The summed E-state index contributed by atoms with van der Waals surface area (Å²) in [5, 5.41) is 50.5. The first kappa shape index (κ1) is 71.3. The van der Waals surface area contributed by atoms with Gasteiger partial charge in [0.05, 0.1) is 6.61 Å². The summed E-state index contributed by atoms with van der Waals surface area (Å²) in [5.41, 5.74) is 0. The summed E-state index contributed by atoms with van der Waals surface area (Å²) in [6.07, 6.45) is 48.0. The molecule has 6 N–H and O–H groups in total. The summed E-state index contributed by atoms with van der Waals surface area (Å²) in [5.74, 6) is -1.08. The number of ether oxygens (including phenoxy) is 2. The maximum Gasteiger partial charge on any atom is 0.472 e. The number of unbranched alkanes of at least 4 members (excludes halogenated alkanes) is 38. The van der Waals surface area contributed by atoms with E-state index in [1.807, 2.05) is 0 Å². The summed E-state index contributed by atoms with van der Waals surface area (Å²) in [6, 6.07) is 0. The Morgan fingerprint density at radius 3 is 1.01 bits per heavy atom. The van der Waals surface area contributed by atoms with Crippen LogP contribution in [0.15, 0.2) is 24.3 Å². The van der Waals surface area contributed by atoms with Crippen LogP contribution in [-0.2, 0) is 32.7 Å². The molecule has 75 heavy (non-hydrogen) atoms. The van der Waals surface area contributed by atoms with Crippen LogP contribution < -0.4 is 0 Å². The summed E-state index contributed by atoms with van der Waals surface area (Å²) < 4.78 is 33.8. The number of carbonyl (C=O) groups excluding carboxylic acids is 2. The summed E-state index contributed by atoms with van der Waals surface area (Å²) in [7, 11) is -5.13. The van der Waals surface area contributed by atoms with E-state index in [4.69, 9.17) is 18.5 Å². The van der Waals surface area contributed by atoms with Crippen LogP contribution in [0.3, 0.4) is 0 Å². The molecule has 0 bridgehead atoms. The molecule has 1 aliphatic rings. The highest BCUT2D eigenvalue weighted by Crippen LogP contribution is 2.47. The quantitative estimate of drug-likeness (QED) is 0.0145. The highest BCUT2D eigenvalue weighted by molar-refractivity contribution is 7.47. The molecule has 1 aliphatic carbocycles. The minimum Gasteiger partial charge on any atom is -0.462 e. The van der Waals surface area contributed by atoms with Crippen LogP contribution in [0.4, 0.5) is 0 Å². The van der Waals surface area contributed by atoms with Crippen LogP contribution in [0.1, 0.15) is 296 Å². The number of aliphatic hydroxyl groups is 5. The molecule has 0 radical (unpaired) electrons. The molecule has 6 unspecified atom stereocenters. The smallest absolute Gasteiger partial charge is 0.462 e. The fourth-order valence-corrected chi connectivity index (χ4v) is 10.8. The van der Waals surface area contributed by atoms with E-state index in [1.165, 1.54) is 212 Å². The van der Waals surface area contributed by atoms with Crippen LogP contribution >= 0.6 is 7.82 Å². The Kier molecular flexibility index (Phi) is 48.1. The second kappa shape index (κ2) is 50.5. The third-order valence-electron chi connectivity index (χ3n) is 14.8. The van der Waals surface area contributed by atoms with Gasteiger partial charge in [0.15, 0.2) is 6.10 Å². The van der Waals surface area contributed by atoms with Crippen molar-refractivity contribution in [1.82, 2.24) is 0 Å². The summed E-state index contributed by atoms with van der Waals surface area (Å²) in [6.45, 7) is 3.37. The Morgan fingerprint density at radius 1 is 0.400 bits per heavy atom. The van der Waals surface area contributed by atoms with E-state index in [0.29, 0.717) is 12.8 Å². The molecule has 0 spiro atoms. The number of allylic oxidation sites excluding steroid dienone is 4. The van der Waals surface area contributed by atoms with Gasteiger partial charge in [0.2, 0.25) is 0 Å². The van der Waals surface area contributed by atoms with Crippen molar-refractivity contribution in [3.63, 3.8) is 0 Å². The third-order valence-corrected chi connectivity index (χ3v) is 15.8. The van der Waals surface area contributed by atoms with Crippen molar-refractivity contribution in [3.05, 3.63) is 24.3 Å². The van der Waals surface area contributed by atoms with Gasteiger partial charge in [-0.05, 0) is 64.2 Å². The zero-order valence-corrected chi connectivity index (χ0v) is 48.8. The number of hydrogen-bond donors (Lipinski definition) is 6. The molecule has 0 heterocycles. The Hall–Kier alpha value is -1.67. The molecule has 0 aromatic heterocycles. The molecule has 0 aromatic rings. The molecule has 0 aromatic carbocycles. The minimum absolute atomic E-state index is 0.0992. The molecule has 0 amide bonds. The molecule has 442 valence electrons. The number of rotatable bonds is 54. The van der Waals surface area contributed by atoms with Crippen LogP contribution in [0.25, 0.3) is 0 Å². The lowest BCUT2D eigenvalue weighted by molar-refractivity contribution is -0.220. The number of aliphatic hydroxyl groups excluding tert-OH is 5. The van der Waals surface area contributed by atoms with Crippen molar-refractivity contribution in [2.24, 2.45) is 0 Å². The summed E-state index contributed by atoms with van der Waals surface area (Å²) >= 11 is 0. The van der Waals surface area contributed by atoms with Gasteiger partial charge < -0.3 is 39.9 Å². The molecule has 1 rings (SSSR count). The van der Waals surface area contributed by atoms with E-state index in [0.717, 1.165) is 44.9 Å². The Bertz CT molecular complexity index is 1400. The predicted octanol–water partition coefficient (Wildman–Crippen LogP) is 15.1. The number of hydrogen-bond acceptors (Lipinski definition) is 12. The first-order valence-corrected chi connectivity index (χ1v) is 32.6. The molecule has 14 heteroatoms. The standard InChI is InChI=1S/C61H115O13P/c1-3-5-7-9-11-13-15-17-19-21-23-25-27-29-31-33-35-37-39-41-43-45-47-49-54(62)71-51-53(52-72-75(69,70)74-61-59(67)57(65)56(64)58(66)60(61)68)73-55(63)50-48-46-44-42-40-38-36-34-32-30-28-26-24-22-20-18-16-14-12-10-8-6-4-2/h21-24,53,56-61,64-68H,3-20,25-52H2,1-2H3,(H,69,70)/b23-21-,24-22-. The zero-order chi connectivity index (χ0) is 54.9. The van der Waals surface area contributed by atoms with E-state index >= 15 is 0 Å². The van der Waals surface area contributed by atoms with Crippen molar-refractivity contribution in [2.75, 3.05) is 13.2 Å². The normalized spacial score (nSPS) is 20.3. The lowest BCUT2D eigenvalue weighted by atomic mass is 9.85. The largest absolute Gasteiger partial charge is 0.472 e. The van der Waals surface area contributed by atoms with E-state index in [9.17, 15) is 44.6 Å². The zero-order valence-electron chi connectivity index (χ0n) is 47.9. The molecule has 0 saturated heterocycles. The van der Waals surface area contributed by atoms with Crippen molar-refractivity contribution in [3.8, 4) is 0 Å². The average molecular weight is 1090 g/mol. The van der Waals surface area contributed by atoms with E-state index < -0.39 is 75.7 Å². The molecular formula is C61H115O13P. The number of phosphoric acid groups is 1. The number of esters is 2. The predicted molar refractivity (Wildman–Crippen MR) is 304 cm³/mol. The molecule has 1 saturated carbocycles. The maximum atomic E-state index is 12.9. The van der Waals surface area contributed by atoms with Gasteiger partial charge in [0, 0.05) is 12.8 Å². The molecule has 0 aliphatic heterocycles. The highest BCUT2D eigenvalue weighted by Gasteiger charge is 2.51. The average Bonchev–Trinajstić information content (AvgIpc) is 3.39. The van der Waals surface area contributed by atoms with Crippen LogP contribution in [0.5, 0.6) is 0 Å². The van der Waals surface area contributed by atoms with Crippen molar-refractivity contribution in [1.29, 1.82) is 0 Å². The van der Waals surface area contributed by atoms with Gasteiger partial charge in [-0.2, -0.15) is 0 Å². The SMILES string of the molecule is CCCCCCCCCC/C=C\CCCCCCCCCCCCCC(=O)OCC(COP(=O)(O)OC1C(O)C(O)C(O)C(O)C1O)OC(=O)CCCCCCCCCCCCC/C=C\CCCCCCCCCC. The van der Waals surface area contributed by atoms with Gasteiger partial charge in [-0.15, -0.1) is 0 Å². The summed E-state index contributed by atoms with van der Waals surface area (Å²) in [4.78, 5) is 36.0.